The highest BCUT2D eigenvalue weighted by atomic mass is 35.5. The molecule has 0 spiro atoms. The Labute approximate surface area is 219 Å². The van der Waals surface area contributed by atoms with E-state index in [-0.39, 0.29) is 30.5 Å². The molecule has 1 unspecified atom stereocenters. The molecule has 3 aliphatic rings. The molecule has 37 heavy (non-hydrogen) atoms. The van der Waals surface area contributed by atoms with Gasteiger partial charge in [0.2, 0.25) is 5.91 Å². The van der Waals surface area contributed by atoms with Gasteiger partial charge in [0.05, 0.1) is 24.6 Å². The number of alkyl halides is 2. The number of halogens is 3. The fourth-order valence-corrected chi connectivity index (χ4v) is 5.50. The maximum absolute atomic E-state index is 14.3. The van der Waals surface area contributed by atoms with E-state index in [0.717, 1.165) is 21.9 Å². The Kier molecular flexibility index (Phi) is 6.72. The summed E-state index contributed by atoms with van der Waals surface area (Å²) in [6, 6.07) is 9.29. The minimum atomic E-state index is -3.10. The first kappa shape index (κ1) is 25.3. The summed E-state index contributed by atoms with van der Waals surface area (Å²) in [5.41, 5.74) is 0.518. The van der Waals surface area contributed by atoms with Gasteiger partial charge in [0, 0.05) is 35.0 Å². The highest BCUT2D eigenvalue weighted by Crippen LogP contribution is 2.52. The molecule has 2 atom stereocenters. The summed E-state index contributed by atoms with van der Waals surface area (Å²) in [7, 11) is 0. The van der Waals surface area contributed by atoms with E-state index in [4.69, 9.17) is 11.6 Å². The molecule has 1 saturated heterocycles. The first-order chi connectivity index (χ1) is 17.7. The van der Waals surface area contributed by atoms with Crippen LogP contribution >= 0.6 is 11.6 Å². The normalized spacial score (nSPS) is 24.9. The van der Waals surface area contributed by atoms with Crippen LogP contribution in [0.15, 0.2) is 59.8 Å². The number of rotatable bonds is 7. The lowest BCUT2D eigenvalue weighted by atomic mass is 9.90. The molecule has 0 radical (unpaired) electrons. The average molecular weight is 522 g/mol. The Morgan fingerprint density at radius 1 is 1.24 bits per heavy atom. The van der Waals surface area contributed by atoms with Gasteiger partial charge in [-0.15, -0.1) is 0 Å². The van der Waals surface area contributed by atoms with Crippen molar-refractivity contribution in [2.75, 3.05) is 6.54 Å². The van der Waals surface area contributed by atoms with E-state index in [1.807, 2.05) is 48.6 Å². The van der Waals surface area contributed by atoms with E-state index in [9.17, 15) is 23.6 Å². The third kappa shape index (κ3) is 5.21. The van der Waals surface area contributed by atoms with Crippen LogP contribution in [0.25, 0.3) is 17.0 Å². The van der Waals surface area contributed by atoms with Crippen LogP contribution in [0.4, 0.5) is 8.78 Å². The number of benzene rings is 1. The molecule has 1 aromatic carbocycles. The first-order valence-electron chi connectivity index (χ1n) is 12.4. The van der Waals surface area contributed by atoms with Gasteiger partial charge in [0.15, 0.2) is 5.78 Å². The number of carbonyl (C=O) groups is 2. The van der Waals surface area contributed by atoms with Gasteiger partial charge in [-0.2, -0.15) is 5.26 Å². The number of hydrogen-bond donors (Lipinski definition) is 0. The number of carbonyl (C=O) groups excluding carboxylic acids is 2. The van der Waals surface area contributed by atoms with Crippen LogP contribution in [0.2, 0.25) is 0 Å². The molecular weight excluding hydrogens is 496 g/mol. The second-order valence-electron chi connectivity index (χ2n) is 10.1. The molecule has 0 bridgehead atoms. The number of aromatic nitrogens is 1. The van der Waals surface area contributed by atoms with Gasteiger partial charge in [-0.3, -0.25) is 14.6 Å². The maximum atomic E-state index is 14.3. The number of nitrogens with zero attached hydrogens (tertiary/aromatic N) is 3. The molecule has 1 aromatic heterocycles. The van der Waals surface area contributed by atoms with Crippen molar-refractivity contribution < 1.29 is 18.4 Å². The Hall–Kier alpha value is -3.37. The lowest BCUT2D eigenvalue weighted by Crippen LogP contribution is -2.48. The van der Waals surface area contributed by atoms with E-state index in [1.54, 1.807) is 12.3 Å². The summed E-state index contributed by atoms with van der Waals surface area (Å²) in [6.07, 6.45) is 12.6. The molecule has 1 saturated carbocycles. The largest absolute Gasteiger partial charge is 0.317 e. The van der Waals surface area contributed by atoms with Crippen LogP contribution in [0, 0.1) is 23.2 Å². The summed E-state index contributed by atoms with van der Waals surface area (Å²) >= 11 is 5.98. The van der Waals surface area contributed by atoms with Gasteiger partial charge in [-0.25, -0.2) is 8.78 Å². The average Bonchev–Trinajstić information content (AvgIpc) is 3.70. The molecule has 5 rings (SSSR count). The molecule has 0 N–H and O–H groups in total. The predicted octanol–water partition coefficient (Wildman–Crippen LogP) is 6.45. The zero-order valence-corrected chi connectivity index (χ0v) is 20.9. The molecule has 1 amide bonds. The lowest BCUT2D eigenvalue weighted by molar-refractivity contribution is -0.135. The number of pyridine rings is 1. The molecule has 5 nitrogen and oxygen atoms in total. The number of likely N-dealkylation sites (tertiary alicyclic amines) is 1. The Morgan fingerprint density at radius 2 is 2.05 bits per heavy atom. The summed E-state index contributed by atoms with van der Waals surface area (Å²) in [5, 5.41) is 11.1. The van der Waals surface area contributed by atoms with Gasteiger partial charge < -0.3 is 4.90 Å². The lowest BCUT2D eigenvalue weighted by Gasteiger charge is -2.31. The van der Waals surface area contributed by atoms with Crippen molar-refractivity contribution in [2.24, 2.45) is 11.8 Å². The molecule has 8 heteroatoms. The predicted molar refractivity (Wildman–Crippen MR) is 138 cm³/mol. The minimum absolute atomic E-state index is 0.133. The summed E-state index contributed by atoms with van der Waals surface area (Å²) < 4.78 is 28.5. The molecule has 2 fully saturated rings. The summed E-state index contributed by atoms with van der Waals surface area (Å²) in [5.74, 6) is -3.93. The fraction of sp³-hybridized carbons (Fsp3) is 0.379. The Bertz CT molecular complexity index is 1390. The molecule has 1 aliphatic heterocycles. The number of hydrogen-bond acceptors (Lipinski definition) is 4. The van der Waals surface area contributed by atoms with Gasteiger partial charge in [0.1, 0.15) is 5.54 Å². The van der Waals surface area contributed by atoms with Gasteiger partial charge >= 0.3 is 0 Å². The standard InChI is InChI=1S/C29H26ClF2N3O2/c30-22-8-3-19(4-9-22)1-2-20-5-10-25-24(15-20)23(13-14-34-25)26(36)11-12-27(37)35-18-29(31,32)16-28(35,17-33)21-6-7-21/h1-3,5,8-10,13-15,19,21H,4,6-7,11-12,16,18H2/b2-1+/t19?,28-/m0/s1. The van der Waals surface area contributed by atoms with Gasteiger partial charge in [-0.05, 0) is 60.9 Å². The second-order valence-corrected chi connectivity index (χ2v) is 10.5. The second kappa shape index (κ2) is 9.83. The summed E-state index contributed by atoms with van der Waals surface area (Å²) in [4.78, 5) is 31.6. The molecule has 2 aliphatic carbocycles. The molecule has 2 aromatic rings. The number of amides is 1. The number of Topliss-reactive ketones (excluding diaryl/α,β-unsaturated/α-hetero) is 1. The third-order valence-electron chi connectivity index (χ3n) is 7.40. The third-order valence-corrected chi connectivity index (χ3v) is 7.68. The zero-order chi connectivity index (χ0) is 26.2. The SMILES string of the molecule is N#C[C@]1(C2CC2)CC(F)(F)CN1C(=O)CCC(=O)c1ccnc2ccc(/C=C/C3C=CC(Cl)=CC3)cc12. The van der Waals surface area contributed by atoms with Crippen LogP contribution in [0.1, 0.15) is 54.4 Å². The summed E-state index contributed by atoms with van der Waals surface area (Å²) in [6.45, 7) is -0.768. The van der Waals surface area contributed by atoms with Crippen LogP contribution in [-0.2, 0) is 4.79 Å². The van der Waals surface area contributed by atoms with Crippen LogP contribution in [0.3, 0.4) is 0 Å². The molecule has 190 valence electrons. The monoisotopic (exact) mass is 521 g/mol. The quantitative estimate of drug-likeness (QED) is 0.392. The molecular formula is C29H26ClF2N3O2. The first-order valence-corrected chi connectivity index (χ1v) is 12.8. The van der Waals surface area contributed by atoms with E-state index in [0.29, 0.717) is 29.3 Å². The number of nitriles is 1. The fourth-order valence-electron chi connectivity index (χ4n) is 5.33. The number of fused-ring (bicyclic) bond motifs is 1. The van der Waals surface area contributed by atoms with Crippen LogP contribution < -0.4 is 0 Å². The van der Waals surface area contributed by atoms with Crippen molar-refractivity contribution in [3.05, 3.63) is 70.9 Å². The highest BCUT2D eigenvalue weighted by molar-refractivity contribution is 6.31. The van der Waals surface area contributed by atoms with E-state index >= 15 is 0 Å². The van der Waals surface area contributed by atoms with Crippen molar-refractivity contribution in [3.63, 3.8) is 0 Å². The maximum Gasteiger partial charge on any atom is 0.268 e. The van der Waals surface area contributed by atoms with Crippen molar-refractivity contribution in [1.82, 2.24) is 9.88 Å². The highest BCUT2D eigenvalue weighted by Gasteiger charge is 2.62. The number of allylic oxidation sites excluding steroid dienone is 5. The van der Waals surface area contributed by atoms with Crippen LogP contribution in [0.5, 0.6) is 0 Å². The topological polar surface area (TPSA) is 74.1 Å². The zero-order valence-electron chi connectivity index (χ0n) is 20.2. The van der Waals surface area contributed by atoms with E-state index in [1.165, 1.54) is 0 Å². The number of ketones is 1. The van der Waals surface area contributed by atoms with Crippen molar-refractivity contribution >= 4 is 40.3 Å². The van der Waals surface area contributed by atoms with Crippen molar-refractivity contribution in [3.8, 4) is 6.07 Å². The van der Waals surface area contributed by atoms with E-state index in [2.05, 4.69) is 11.1 Å². The smallest absolute Gasteiger partial charge is 0.268 e. The van der Waals surface area contributed by atoms with Crippen LogP contribution in [-0.4, -0.2) is 39.6 Å². The minimum Gasteiger partial charge on any atom is -0.317 e. The van der Waals surface area contributed by atoms with Crippen molar-refractivity contribution in [2.45, 2.75) is 50.0 Å². The van der Waals surface area contributed by atoms with Crippen molar-refractivity contribution in [1.29, 1.82) is 5.26 Å². The molecule has 2 heterocycles. The van der Waals surface area contributed by atoms with E-state index < -0.39 is 30.3 Å². The van der Waals surface area contributed by atoms with Gasteiger partial charge in [-0.1, -0.05) is 42.0 Å². The Morgan fingerprint density at radius 3 is 2.76 bits per heavy atom. The Balaban J connectivity index is 1.31. The van der Waals surface area contributed by atoms with Gasteiger partial charge in [0.25, 0.3) is 5.92 Å².